The highest BCUT2D eigenvalue weighted by molar-refractivity contribution is 6.30. The zero-order valence-electron chi connectivity index (χ0n) is 18.9. The Kier molecular flexibility index (Phi) is 8.06. The first-order valence-corrected chi connectivity index (χ1v) is 11.0. The second-order valence-electron chi connectivity index (χ2n) is 7.71. The summed E-state index contributed by atoms with van der Waals surface area (Å²) in [6.07, 6.45) is 3.75. The lowest BCUT2D eigenvalue weighted by Crippen LogP contribution is -2.26. The number of rotatable bonds is 9. The Labute approximate surface area is 194 Å². The Balaban J connectivity index is 1.88. The molecule has 0 spiro atoms. The minimum absolute atomic E-state index is 0.491. The molecule has 0 aliphatic carbocycles. The van der Waals surface area contributed by atoms with Gasteiger partial charge in [-0.3, -0.25) is 9.78 Å². The lowest BCUT2D eigenvalue weighted by atomic mass is 10.1. The third-order valence-corrected chi connectivity index (χ3v) is 5.37. The van der Waals surface area contributed by atoms with Crippen LogP contribution in [0.2, 0.25) is 5.02 Å². The minimum atomic E-state index is -0.491. The van der Waals surface area contributed by atoms with Gasteiger partial charge in [0.05, 0.1) is 5.69 Å². The van der Waals surface area contributed by atoms with Crippen LogP contribution in [0.25, 0.3) is 11.3 Å². The maximum atomic E-state index is 11.0. The van der Waals surface area contributed by atoms with Gasteiger partial charge in [0, 0.05) is 36.2 Å². The fourth-order valence-corrected chi connectivity index (χ4v) is 3.62. The van der Waals surface area contributed by atoms with E-state index in [1.54, 1.807) is 6.33 Å². The van der Waals surface area contributed by atoms with Gasteiger partial charge in [0.15, 0.2) is 5.75 Å². The minimum Gasteiger partial charge on any atom is -0.352 e. The maximum absolute atomic E-state index is 11.0. The molecule has 1 aromatic heterocycles. The van der Waals surface area contributed by atoms with Crippen molar-refractivity contribution in [3.05, 3.63) is 70.5 Å². The predicted octanol–water partition coefficient (Wildman–Crippen LogP) is 6.08. The van der Waals surface area contributed by atoms with E-state index in [0.29, 0.717) is 17.3 Å². The van der Waals surface area contributed by atoms with Crippen molar-refractivity contribution in [2.75, 3.05) is 11.4 Å². The summed E-state index contributed by atoms with van der Waals surface area (Å²) in [6.45, 7) is 9.02. The second kappa shape index (κ2) is 11.0. The van der Waals surface area contributed by atoms with Crippen LogP contribution in [0.4, 0.5) is 5.82 Å². The van der Waals surface area contributed by atoms with Crippen LogP contribution in [0.15, 0.2) is 48.8 Å². The normalized spacial score (nSPS) is 10.7. The molecular weight excluding hydrogens is 426 g/mol. The topological polar surface area (TPSA) is 64.6 Å². The molecule has 0 bridgehead atoms. The summed E-state index contributed by atoms with van der Waals surface area (Å²) in [5.41, 5.74) is 4.93. The molecule has 0 atom stereocenters. The van der Waals surface area contributed by atoms with Gasteiger partial charge in [-0.2, -0.15) is 0 Å². The molecule has 0 unspecified atom stereocenters. The first-order valence-electron chi connectivity index (χ1n) is 10.7. The van der Waals surface area contributed by atoms with E-state index in [0.717, 1.165) is 53.2 Å². The molecule has 0 fully saturated rings. The van der Waals surface area contributed by atoms with Gasteiger partial charge in [-0.1, -0.05) is 49.2 Å². The molecule has 6 nitrogen and oxygen atoms in total. The van der Waals surface area contributed by atoms with E-state index in [9.17, 15) is 4.79 Å². The van der Waals surface area contributed by atoms with Gasteiger partial charge in [0.1, 0.15) is 12.1 Å². The largest absolute Gasteiger partial charge is 0.352 e. The quantitative estimate of drug-likeness (QED) is 0.289. The third kappa shape index (κ3) is 5.98. The van der Waals surface area contributed by atoms with Crippen molar-refractivity contribution in [1.29, 1.82) is 0 Å². The molecule has 168 valence electrons. The number of hydrogen-bond donors (Lipinski definition) is 0. The molecule has 32 heavy (non-hydrogen) atoms. The highest BCUT2D eigenvalue weighted by Crippen LogP contribution is 2.29. The summed E-state index contributed by atoms with van der Waals surface area (Å²) in [4.78, 5) is 32.2. The average Bonchev–Trinajstić information content (AvgIpc) is 2.77. The van der Waals surface area contributed by atoms with Crippen LogP contribution in [0.5, 0.6) is 5.75 Å². The van der Waals surface area contributed by atoms with Crippen molar-refractivity contribution in [3.63, 3.8) is 0 Å². The first kappa shape index (κ1) is 23.5. The number of nitrogens with zero attached hydrogens (tertiary/aromatic N) is 3. The number of aromatic nitrogens is 2. The van der Waals surface area contributed by atoms with Gasteiger partial charge < -0.3 is 4.90 Å². The smallest absolute Gasteiger partial charge is 0.352 e. The molecule has 7 heteroatoms. The number of hydrogen-bond acceptors (Lipinski definition) is 6. The van der Waals surface area contributed by atoms with E-state index in [-0.39, 0.29) is 0 Å². The molecule has 0 radical (unpaired) electrons. The van der Waals surface area contributed by atoms with Gasteiger partial charge in [0.25, 0.3) is 0 Å². The number of unbranched alkanes of at least 4 members (excludes halogenated alkanes) is 1. The molecule has 3 aromatic rings. The van der Waals surface area contributed by atoms with Crippen LogP contribution in [0.3, 0.4) is 0 Å². The maximum Gasteiger partial charge on any atom is 0.352 e. The average molecular weight is 454 g/mol. The van der Waals surface area contributed by atoms with Crippen molar-refractivity contribution in [3.8, 4) is 17.0 Å². The number of halogens is 1. The molecule has 0 amide bonds. The Hall–Kier alpha value is -3.12. The number of benzene rings is 2. The van der Waals surface area contributed by atoms with Gasteiger partial charge >= 0.3 is 5.97 Å². The summed E-state index contributed by atoms with van der Waals surface area (Å²) in [6, 6.07) is 13.5. The van der Waals surface area contributed by atoms with Crippen molar-refractivity contribution in [2.24, 2.45) is 0 Å². The van der Waals surface area contributed by atoms with E-state index in [4.69, 9.17) is 16.5 Å². The second-order valence-corrected chi connectivity index (χ2v) is 8.15. The van der Waals surface area contributed by atoms with Gasteiger partial charge in [0.2, 0.25) is 0 Å². The highest BCUT2D eigenvalue weighted by atomic mass is 35.5. The highest BCUT2D eigenvalue weighted by Gasteiger charge is 2.16. The Morgan fingerprint density at radius 2 is 1.84 bits per heavy atom. The Bertz CT molecular complexity index is 1070. The fourth-order valence-electron chi connectivity index (χ4n) is 3.49. The predicted molar refractivity (Wildman–Crippen MR) is 127 cm³/mol. The third-order valence-electron chi connectivity index (χ3n) is 5.12. The molecule has 2 aromatic carbocycles. The molecule has 3 rings (SSSR count). The number of anilines is 1. The van der Waals surface area contributed by atoms with E-state index in [2.05, 4.69) is 33.6 Å². The van der Waals surface area contributed by atoms with Crippen molar-refractivity contribution in [1.82, 2.24) is 9.97 Å². The Morgan fingerprint density at radius 3 is 2.50 bits per heavy atom. The summed E-state index contributed by atoms with van der Waals surface area (Å²) in [5.74, 6) is 0.943. The Morgan fingerprint density at radius 1 is 1.09 bits per heavy atom. The van der Waals surface area contributed by atoms with Crippen LogP contribution in [-0.4, -0.2) is 22.5 Å². The van der Waals surface area contributed by atoms with Crippen LogP contribution in [-0.2, 0) is 16.2 Å². The number of aryl methyl sites for hydroxylation is 1. The SMILES string of the molecule is CCCCN(Cc1ccc(OOC(C)=O)c(C)c1)c1ncnc(-c2ccc(Cl)cc2)c1C. The van der Waals surface area contributed by atoms with Crippen molar-refractivity contribution in [2.45, 2.75) is 47.1 Å². The van der Waals surface area contributed by atoms with Crippen LogP contribution in [0.1, 0.15) is 43.4 Å². The lowest BCUT2D eigenvalue weighted by molar-refractivity contribution is -0.211. The first-order chi connectivity index (χ1) is 15.4. The summed E-state index contributed by atoms with van der Waals surface area (Å²) in [5, 5.41) is 0.696. The molecule has 0 N–H and O–H groups in total. The van der Waals surface area contributed by atoms with Crippen molar-refractivity contribution < 1.29 is 14.6 Å². The summed E-state index contributed by atoms with van der Waals surface area (Å²) < 4.78 is 0. The lowest BCUT2D eigenvalue weighted by Gasteiger charge is -2.26. The molecule has 0 saturated heterocycles. The van der Waals surface area contributed by atoms with Gasteiger partial charge in [-0.05, 0) is 49.6 Å². The molecular formula is C25H28ClN3O3. The van der Waals surface area contributed by atoms with E-state index in [1.807, 2.05) is 49.4 Å². The van der Waals surface area contributed by atoms with Gasteiger partial charge in [-0.25, -0.2) is 14.8 Å². The molecule has 0 saturated carbocycles. The number of carbonyl (C=O) groups excluding carboxylic acids is 1. The van der Waals surface area contributed by atoms with Crippen molar-refractivity contribution >= 4 is 23.4 Å². The summed E-state index contributed by atoms with van der Waals surface area (Å²) >= 11 is 6.05. The van der Waals surface area contributed by atoms with Crippen LogP contribution >= 0.6 is 11.6 Å². The monoisotopic (exact) mass is 453 g/mol. The zero-order chi connectivity index (χ0) is 23.1. The molecule has 1 heterocycles. The fraction of sp³-hybridized carbons (Fsp3) is 0.320. The van der Waals surface area contributed by atoms with E-state index >= 15 is 0 Å². The standard InChI is InChI=1S/C25H28ClN3O3/c1-5-6-13-29(15-20-7-12-23(17(2)14-20)32-31-19(4)30)25-18(3)24(27-16-28-25)21-8-10-22(26)11-9-21/h7-12,14,16H,5-6,13,15H2,1-4H3. The molecule has 0 aliphatic rings. The summed E-state index contributed by atoms with van der Waals surface area (Å²) in [7, 11) is 0. The zero-order valence-corrected chi connectivity index (χ0v) is 19.6. The number of carbonyl (C=O) groups is 1. The van der Waals surface area contributed by atoms with E-state index in [1.165, 1.54) is 6.92 Å². The molecule has 0 aliphatic heterocycles. The van der Waals surface area contributed by atoms with E-state index < -0.39 is 5.97 Å². The van der Waals surface area contributed by atoms with Crippen LogP contribution in [0, 0.1) is 13.8 Å². The van der Waals surface area contributed by atoms with Crippen LogP contribution < -0.4 is 9.79 Å². The van der Waals surface area contributed by atoms with Gasteiger partial charge in [-0.15, -0.1) is 0 Å².